The van der Waals surface area contributed by atoms with Gasteiger partial charge in [-0.25, -0.2) is 4.98 Å². The molecule has 3 rings (SSSR count). The van der Waals surface area contributed by atoms with Crippen molar-refractivity contribution in [3.8, 4) is 5.88 Å². The van der Waals surface area contributed by atoms with E-state index in [2.05, 4.69) is 11.9 Å². The molecule has 0 atom stereocenters. The van der Waals surface area contributed by atoms with Crippen LogP contribution in [0.1, 0.15) is 32.6 Å². The lowest BCUT2D eigenvalue weighted by atomic mass is 9.89. The lowest BCUT2D eigenvalue weighted by Gasteiger charge is -2.30. The molecule has 1 aromatic heterocycles. The summed E-state index contributed by atoms with van der Waals surface area (Å²) < 4.78 is 11.3. The van der Waals surface area contributed by atoms with E-state index in [0.717, 1.165) is 24.4 Å². The van der Waals surface area contributed by atoms with Crippen LogP contribution in [0.2, 0.25) is 0 Å². The van der Waals surface area contributed by atoms with Crippen LogP contribution < -0.4 is 9.64 Å². The Bertz CT molecular complexity index is 498. The van der Waals surface area contributed by atoms with Crippen molar-refractivity contribution in [2.45, 2.75) is 38.7 Å². The summed E-state index contributed by atoms with van der Waals surface area (Å²) in [6.07, 6.45) is 6.43. The van der Waals surface area contributed by atoms with Crippen molar-refractivity contribution in [1.29, 1.82) is 0 Å². The number of pyridine rings is 1. The van der Waals surface area contributed by atoms with Crippen molar-refractivity contribution in [2.75, 3.05) is 24.7 Å². The van der Waals surface area contributed by atoms with E-state index >= 15 is 0 Å². The number of carbonyl (C=O) groups excluding carboxylic acids is 1. The van der Waals surface area contributed by atoms with Crippen LogP contribution in [-0.4, -0.2) is 36.8 Å². The number of fused-ring (bicyclic) bond motifs is 1. The highest BCUT2D eigenvalue weighted by atomic mass is 16.5. The third-order valence-electron chi connectivity index (χ3n) is 4.30. The van der Waals surface area contributed by atoms with E-state index in [4.69, 9.17) is 9.47 Å². The van der Waals surface area contributed by atoms with Gasteiger partial charge in [0.15, 0.2) is 0 Å². The number of rotatable bonds is 3. The second kappa shape index (κ2) is 6.43. The molecule has 1 amide bonds. The monoisotopic (exact) mass is 290 g/mol. The number of amides is 1. The van der Waals surface area contributed by atoms with E-state index in [0.29, 0.717) is 19.0 Å². The lowest BCUT2D eigenvalue weighted by Crippen LogP contribution is -2.41. The third kappa shape index (κ3) is 3.35. The minimum Gasteiger partial charge on any atom is -0.474 e. The summed E-state index contributed by atoms with van der Waals surface area (Å²) >= 11 is 0. The molecule has 0 spiro atoms. The van der Waals surface area contributed by atoms with Crippen molar-refractivity contribution in [1.82, 2.24) is 4.98 Å². The summed E-state index contributed by atoms with van der Waals surface area (Å²) in [7, 11) is 0. The highest BCUT2D eigenvalue weighted by molar-refractivity contribution is 5.95. The zero-order valence-electron chi connectivity index (χ0n) is 12.5. The van der Waals surface area contributed by atoms with Gasteiger partial charge in [0, 0.05) is 6.20 Å². The zero-order chi connectivity index (χ0) is 14.7. The Kier molecular flexibility index (Phi) is 4.39. The van der Waals surface area contributed by atoms with Gasteiger partial charge in [0.25, 0.3) is 5.91 Å². The average molecular weight is 290 g/mol. The second-order valence-electron chi connectivity index (χ2n) is 5.91. The lowest BCUT2D eigenvalue weighted by molar-refractivity contribution is -0.126. The molecule has 1 aliphatic carbocycles. The Balaban J connectivity index is 1.57. The smallest absolute Gasteiger partial charge is 0.253 e. The molecule has 1 aromatic rings. The Morgan fingerprint density at radius 1 is 1.43 bits per heavy atom. The molecule has 5 nitrogen and oxygen atoms in total. The van der Waals surface area contributed by atoms with Crippen LogP contribution in [0.25, 0.3) is 0 Å². The van der Waals surface area contributed by atoms with Gasteiger partial charge in [-0.1, -0.05) is 6.92 Å². The molecule has 1 fully saturated rings. The second-order valence-corrected chi connectivity index (χ2v) is 5.91. The molecule has 0 radical (unpaired) electrons. The molecule has 1 aliphatic heterocycles. The first kappa shape index (κ1) is 14.3. The Labute approximate surface area is 125 Å². The minimum atomic E-state index is -0.00817. The number of hydrogen-bond donors (Lipinski definition) is 0. The van der Waals surface area contributed by atoms with Crippen molar-refractivity contribution < 1.29 is 14.3 Å². The summed E-state index contributed by atoms with van der Waals surface area (Å²) in [5, 5.41) is 0. The van der Waals surface area contributed by atoms with Gasteiger partial charge in [-0.15, -0.1) is 0 Å². The number of ether oxygens (including phenoxy) is 2. The van der Waals surface area contributed by atoms with E-state index < -0.39 is 0 Å². The van der Waals surface area contributed by atoms with E-state index in [1.165, 1.54) is 12.8 Å². The Morgan fingerprint density at radius 2 is 2.24 bits per heavy atom. The van der Waals surface area contributed by atoms with Crippen LogP contribution in [-0.2, 0) is 9.53 Å². The number of carbonyl (C=O) groups is 1. The molecule has 21 heavy (non-hydrogen) atoms. The van der Waals surface area contributed by atoms with E-state index in [9.17, 15) is 4.79 Å². The molecule has 2 heterocycles. The normalized spacial score (nSPS) is 25.1. The van der Waals surface area contributed by atoms with Gasteiger partial charge >= 0.3 is 0 Å². The fraction of sp³-hybridized carbons (Fsp3) is 0.625. The van der Waals surface area contributed by atoms with Crippen LogP contribution >= 0.6 is 0 Å². The highest BCUT2D eigenvalue weighted by Gasteiger charge is 2.26. The standard InChI is InChI=1S/C16H22N2O3/c1-12-4-6-13(7-5-12)21-11-15(19)18-9-10-20-16-14(18)3-2-8-17-16/h2-3,8,12-13H,4-7,9-11H2,1H3. The van der Waals surface area contributed by atoms with Gasteiger partial charge in [-0.2, -0.15) is 0 Å². The minimum absolute atomic E-state index is 0.00817. The van der Waals surface area contributed by atoms with Gasteiger partial charge in [-0.05, 0) is 43.7 Å². The topological polar surface area (TPSA) is 51.7 Å². The molecule has 114 valence electrons. The molecule has 2 aliphatic rings. The van der Waals surface area contributed by atoms with Crippen LogP contribution in [0.3, 0.4) is 0 Å². The van der Waals surface area contributed by atoms with Crippen molar-refractivity contribution >= 4 is 11.6 Å². The molecule has 0 aromatic carbocycles. The fourth-order valence-corrected chi connectivity index (χ4v) is 2.98. The maximum atomic E-state index is 12.4. The van der Waals surface area contributed by atoms with Gasteiger partial charge < -0.3 is 14.4 Å². The third-order valence-corrected chi connectivity index (χ3v) is 4.30. The maximum absolute atomic E-state index is 12.4. The number of nitrogens with zero attached hydrogens (tertiary/aromatic N) is 2. The average Bonchev–Trinajstić information content (AvgIpc) is 2.53. The van der Waals surface area contributed by atoms with Crippen molar-refractivity contribution in [3.63, 3.8) is 0 Å². The SMILES string of the molecule is CC1CCC(OCC(=O)N2CCOc3ncccc32)CC1. The van der Waals surface area contributed by atoms with Crippen LogP contribution in [0.5, 0.6) is 5.88 Å². The highest BCUT2D eigenvalue weighted by Crippen LogP contribution is 2.29. The zero-order valence-corrected chi connectivity index (χ0v) is 12.5. The van der Waals surface area contributed by atoms with Gasteiger partial charge in [0.05, 0.1) is 12.6 Å². The molecule has 5 heteroatoms. The van der Waals surface area contributed by atoms with E-state index in [1.807, 2.05) is 12.1 Å². The van der Waals surface area contributed by atoms with Crippen LogP contribution in [0.15, 0.2) is 18.3 Å². The van der Waals surface area contributed by atoms with Crippen LogP contribution in [0, 0.1) is 5.92 Å². The molecule has 1 saturated carbocycles. The van der Waals surface area contributed by atoms with Crippen molar-refractivity contribution in [2.24, 2.45) is 5.92 Å². The number of anilines is 1. The summed E-state index contributed by atoms with van der Waals surface area (Å²) in [6, 6.07) is 3.68. The van der Waals surface area contributed by atoms with Crippen molar-refractivity contribution in [3.05, 3.63) is 18.3 Å². The first-order valence-electron chi connectivity index (χ1n) is 7.74. The molecular formula is C16H22N2O3. The predicted molar refractivity (Wildman–Crippen MR) is 79.5 cm³/mol. The van der Waals surface area contributed by atoms with Gasteiger partial charge in [0.2, 0.25) is 5.88 Å². The fourth-order valence-electron chi connectivity index (χ4n) is 2.98. The molecule has 0 N–H and O–H groups in total. The van der Waals surface area contributed by atoms with E-state index in [1.54, 1.807) is 11.1 Å². The van der Waals surface area contributed by atoms with E-state index in [-0.39, 0.29) is 18.6 Å². The molecule has 0 unspecified atom stereocenters. The summed E-state index contributed by atoms with van der Waals surface area (Å²) in [5.74, 6) is 1.31. The summed E-state index contributed by atoms with van der Waals surface area (Å²) in [5.41, 5.74) is 0.745. The maximum Gasteiger partial charge on any atom is 0.253 e. The Hall–Kier alpha value is -1.62. The Morgan fingerprint density at radius 3 is 3.05 bits per heavy atom. The first-order valence-corrected chi connectivity index (χ1v) is 7.74. The molecular weight excluding hydrogens is 268 g/mol. The molecule has 0 saturated heterocycles. The quantitative estimate of drug-likeness (QED) is 0.858. The van der Waals surface area contributed by atoms with Gasteiger partial charge in [-0.3, -0.25) is 4.79 Å². The first-order chi connectivity index (χ1) is 10.2. The van der Waals surface area contributed by atoms with Crippen LogP contribution in [0.4, 0.5) is 5.69 Å². The number of aromatic nitrogens is 1. The summed E-state index contributed by atoms with van der Waals surface area (Å²) in [4.78, 5) is 18.3. The van der Waals surface area contributed by atoms with Gasteiger partial charge in [0.1, 0.15) is 18.9 Å². The summed E-state index contributed by atoms with van der Waals surface area (Å²) in [6.45, 7) is 3.46. The largest absolute Gasteiger partial charge is 0.474 e. The molecule has 0 bridgehead atoms. The number of hydrogen-bond acceptors (Lipinski definition) is 4. The predicted octanol–water partition coefficient (Wildman–Crippen LogP) is 2.40.